The van der Waals surface area contributed by atoms with Gasteiger partial charge in [0.15, 0.2) is 0 Å². The Hall–Kier alpha value is -2.76. The molecule has 1 N–H and O–H groups in total. The lowest BCUT2D eigenvalue weighted by Crippen LogP contribution is -2.45. The van der Waals surface area contributed by atoms with Crippen molar-refractivity contribution in [3.05, 3.63) is 65.7 Å². The largest absolute Gasteiger partial charge is 0.349 e. The Labute approximate surface area is 152 Å². The topological polar surface area (TPSA) is 62.3 Å². The van der Waals surface area contributed by atoms with Crippen LogP contribution in [0.4, 0.5) is 4.39 Å². The van der Waals surface area contributed by atoms with Crippen molar-refractivity contribution < 1.29 is 14.0 Å². The normalized spacial score (nSPS) is 18.2. The zero-order valence-corrected chi connectivity index (χ0v) is 14.7. The standard InChI is InChI=1S/C20H22FN3O2/c1-14(16-4-2-10-22-12-16)23-19(25)17-5-3-11-24(13-17)20(26)15-6-8-18(21)9-7-15/h2,4,6-10,12,14,17H,3,5,11,13H2,1H3,(H,23,25). The van der Waals surface area contributed by atoms with E-state index in [-0.39, 0.29) is 29.6 Å². The molecule has 1 saturated heterocycles. The van der Waals surface area contributed by atoms with Crippen molar-refractivity contribution in [1.82, 2.24) is 15.2 Å². The molecule has 0 bridgehead atoms. The number of halogens is 1. The number of rotatable bonds is 4. The van der Waals surface area contributed by atoms with E-state index >= 15 is 0 Å². The van der Waals surface area contributed by atoms with Gasteiger partial charge in [0.05, 0.1) is 12.0 Å². The minimum atomic E-state index is -0.373. The maximum atomic E-state index is 13.0. The summed E-state index contributed by atoms with van der Waals surface area (Å²) in [5.74, 6) is -0.838. The fourth-order valence-electron chi connectivity index (χ4n) is 3.20. The first-order valence-corrected chi connectivity index (χ1v) is 8.79. The minimum absolute atomic E-state index is 0.0574. The highest BCUT2D eigenvalue weighted by molar-refractivity contribution is 5.94. The number of benzene rings is 1. The van der Waals surface area contributed by atoms with Crippen molar-refractivity contribution in [3.8, 4) is 0 Å². The number of pyridine rings is 1. The molecule has 0 aliphatic carbocycles. The lowest BCUT2D eigenvalue weighted by atomic mass is 9.96. The molecule has 2 heterocycles. The van der Waals surface area contributed by atoms with Crippen molar-refractivity contribution in [1.29, 1.82) is 0 Å². The molecule has 2 unspecified atom stereocenters. The summed E-state index contributed by atoms with van der Waals surface area (Å²) in [4.78, 5) is 30.9. The monoisotopic (exact) mass is 355 g/mol. The average Bonchev–Trinajstić information content (AvgIpc) is 2.68. The summed E-state index contributed by atoms with van der Waals surface area (Å²) in [6.07, 6.45) is 4.94. The van der Waals surface area contributed by atoms with E-state index in [9.17, 15) is 14.0 Å². The number of likely N-dealkylation sites (tertiary alicyclic amines) is 1. The van der Waals surface area contributed by atoms with Gasteiger partial charge in [0, 0.05) is 31.0 Å². The highest BCUT2D eigenvalue weighted by atomic mass is 19.1. The molecule has 26 heavy (non-hydrogen) atoms. The Balaban J connectivity index is 1.61. The van der Waals surface area contributed by atoms with Crippen molar-refractivity contribution in [3.63, 3.8) is 0 Å². The summed E-state index contributed by atoms with van der Waals surface area (Å²) in [5.41, 5.74) is 1.38. The van der Waals surface area contributed by atoms with Gasteiger partial charge in [0.1, 0.15) is 5.82 Å². The third-order valence-electron chi connectivity index (χ3n) is 4.71. The molecular formula is C20H22FN3O2. The van der Waals surface area contributed by atoms with Gasteiger partial charge in [0.25, 0.3) is 5.91 Å². The van der Waals surface area contributed by atoms with E-state index in [1.54, 1.807) is 17.3 Å². The van der Waals surface area contributed by atoms with Crippen LogP contribution in [-0.2, 0) is 4.79 Å². The number of piperidine rings is 1. The molecule has 1 aliphatic heterocycles. The molecule has 1 fully saturated rings. The SMILES string of the molecule is CC(NC(=O)C1CCCN(C(=O)c2ccc(F)cc2)C1)c1cccnc1. The van der Waals surface area contributed by atoms with Gasteiger partial charge in [-0.2, -0.15) is 0 Å². The van der Waals surface area contributed by atoms with Crippen LogP contribution in [0.1, 0.15) is 41.7 Å². The van der Waals surface area contributed by atoms with E-state index < -0.39 is 0 Å². The molecule has 2 aromatic rings. The van der Waals surface area contributed by atoms with Crippen LogP contribution in [0, 0.1) is 11.7 Å². The number of aromatic nitrogens is 1. The molecule has 1 aromatic heterocycles. The Bertz CT molecular complexity index is 764. The van der Waals surface area contributed by atoms with Gasteiger partial charge in [-0.1, -0.05) is 6.07 Å². The molecule has 2 amide bonds. The van der Waals surface area contributed by atoms with Gasteiger partial charge in [-0.25, -0.2) is 4.39 Å². The van der Waals surface area contributed by atoms with Crippen molar-refractivity contribution in [2.45, 2.75) is 25.8 Å². The highest BCUT2D eigenvalue weighted by Crippen LogP contribution is 2.20. The number of nitrogens with zero attached hydrogens (tertiary/aromatic N) is 2. The minimum Gasteiger partial charge on any atom is -0.349 e. The molecule has 3 rings (SSSR count). The molecule has 136 valence electrons. The van der Waals surface area contributed by atoms with Gasteiger partial charge in [-0.05, 0) is 55.7 Å². The quantitative estimate of drug-likeness (QED) is 0.917. The number of carbonyl (C=O) groups is 2. The predicted molar refractivity (Wildman–Crippen MR) is 95.8 cm³/mol. The zero-order chi connectivity index (χ0) is 18.5. The lowest BCUT2D eigenvalue weighted by molar-refractivity contribution is -0.127. The molecule has 0 saturated carbocycles. The third kappa shape index (κ3) is 4.25. The van der Waals surface area contributed by atoms with E-state index in [1.165, 1.54) is 24.3 Å². The fourth-order valence-corrected chi connectivity index (χ4v) is 3.20. The van der Waals surface area contributed by atoms with Gasteiger partial charge in [-0.15, -0.1) is 0 Å². The molecule has 1 aromatic carbocycles. The predicted octanol–water partition coefficient (Wildman–Crippen LogP) is 2.95. The van der Waals surface area contributed by atoms with Gasteiger partial charge in [0.2, 0.25) is 5.91 Å². The van der Waals surface area contributed by atoms with Crippen molar-refractivity contribution in [2.75, 3.05) is 13.1 Å². The Kier molecular flexibility index (Phi) is 5.61. The summed E-state index contributed by atoms with van der Waals surface area (Å²) in [6.45, 7) is 2.90. The van der Waals surface area contributed by atoms with Crippen molar-refractivity contribution >= 4 is 11.8 Å². The van der Waals surface area contributed by atoms with E-state index in [0.29, 0.717) is 18.7 Å². The van der Waals surface area contributed by atoms with Crippen LogP contribution in [0.2, 0.25) is 0 Å². The van der Waals surface area contributed by atoms with Gasteiger partial charge < -0.3 is 10.2 Å². The zero-order valence-electron chi connectivity index (χ0n) is 14.7. The van der Waals surface area contributed by atoms with E-state index in [2.05, 4.69) is 10.3 Å². The van der Waals surface area contributed by atoms with Crippen LogP contribution >= 0.6 is 0 Å². The first-order valence-electron chi connectivity index (χ1n) is 8.79. The Morgan fingerprint density at radius 1 is 1.27 bits per heavy atom. The van der Waals surface area contributed by atoms with Gasteiger partial charge >= 0.3 is 0 Å². The fraction of sp³-hybridized carbons (Fsp3) is 0.350. The summed E-state index contributed by atoms with van der Waals surface area (Å²) in [7, 11) is 0. The molecule has 0 radical (unpaired) electrons. The maximum absolute atomic E-state index is 13.0. The number of carbonyl (C=O) groups excluding carboxylic acids is 2. The van der Waals surface area contributed by atoms with Crippen LogP contribution < -0.4 is 5.32 Å². The summed E-state index contributed by atoms with van der Waals surface area (Å²) in [5, 5.41) is 3.01. The second kappa shape index (κ2) is 8.08. The summed E-state index contributed by atoms with van der Waals surface area (Å²) in [6, 6.07) is 9.12. The summed E-state index contributed by atoms with van der Waals surface area (Å²) < 4.78 is 13.0. The van der Waals surface area contributed by atoms with E-state index in [0.717, 1.165) is 18.4 Å². The highest BCUT2D eigenvalue weighted by Gasteiger charge is 2.29. The van der Waals surface area contributed by atoms with E-state index in [4.69, 9.17) is 0 Å². The van der Waals surface area contributed by atoms with Crippen LogP contribution in [0.25, 0.3) is 0 Å². The second-order valence-corrected chi connectivity index (χ2v) is 6.61. The van der Waals surface area contributed by atoms with Crippen LogP contribution in [0.15, 0.2) is 48.8 Å². The van der Waals surface area contributed by atoms with E-state index in [1.807, 2.05) is 19.1 Å². The molecule has 2 atom stereocenters. The number of nitrogens with one attached hydrogen (secondary N) is 1. The molecule has 0 spiro atoms. The third-order valence-corrected chi connectivity index (χ3v) is 4.71. The maximum Gasteiger partial charge on any atom is 0.253 e. The molecule has 1 aliphatic rings. The number of hydrogen-bond donors (Lipinski definition) is 1. The lowest BCUT2D eigenvalue weighted by Gasteiger charge is -2.32. The second-order valence-electron chi connectivity index (χ2n) is 6.61. The molecule has 6 heteroatoms. The van der Waals surface area contributed by atoms with Crippen molar-refractivity contribution in [2.24, 2.45) is 5.92 Å². The Morgan fingerprint density at radius 2 is 2.04 bits per heavy atom. The van der Waals surface area contributed by atoms with Crippen LogP contribution in [-0.4, -0.2) is 34.8 Å². The Morgan fingerprint density at radius 3 is 2.73 bits per heavy atom. The molecular weight excluding hydrogens is 333 g/mol. The van der Waals surface area contributed by atoms with Crippen LogP contribution in [0.5, 0.6) is 0 Å². The molecule has 5 nitrogen and oxygen atoms in total. The first-order chi connectivity index (χ1) is 12.5. The number of hydrogen-bond acceptors (Lipinski definition) is 3. The van der Waals surface area contributed by atoms with Gasteiger partial charge in [-0.3, -0.25) is 14.6 Å². The summed E-state index contributed by atoms with van der Waals surface area (Å²) >= 11 is 0. The first kappa shape index (κ1) is 18.0. The number of amides is 2. The van der Waals surface area contributed by atoms with Crippen LogP contribution in [0.3, 0.4) is 0 Å². The average molecular weight is 355 g/mol. The smallest absolute Gasteiger partial charge is 0.253 e.